The van der Waals surface area contributed by atoms with E-state index in [1.54, 1.807) is 0 Å². The van der Waals surface area contributed by atoms with E-state index in [2.05, 4.69) is 22.0 Å². The molecule has 1 N–H and O–H groups in total. The van der Waals surface area contributed by atoms with E-state index < -0.39 is 0 Å². The van der Waals surface area contributed by atoms with E-state index in [0.29, 0.717) is 0 Å². The largest absolute Gasteiger partial charge is 0.392 e. The van der Waals surface area contributed by atoms with Crippen LogP contribution in [0.2, 0.25) is 0 Å². The molecule has 0 bridgehead atoms. The maximum Gasteiger partial charge on any atom is 0.0687 e. The van der Waals surface area contributed by atoms with Crippen LogP contribution >= 0.6 is 15.9 Å². The standard InChI is InChI=1S/C11H9BrO/c12-10-4-5-11-8(6-10)2-1-3-9(11)7-13/h1-6,13H,7H2. The van der Waals surface area contributed by atoms with Gasteiger partial charge in [-0.2, -0.15) is 0 Å². The smallest absolute Gasteiger partial charge is 0.0687 e. The van der Waals surface area contributed by atoms with Crippen LogP contribution in [0.3, 0.4) is 0 Å². The summed E-state index contributed by atoms with van der Waals surface area (Å²) in [6.07, 6.45) is 0. The Morgan fingerprint density at radius 2 is 2.00 bits per heavy atom. The van der Waals surface area contributed by atoms with E-state index in [4.69, 9.17) is 5.11 Å². The van der Waals surface area contributed by atoms with Crippen LogP contribution in [-0.4, -0.2) is 5.11 Å². The van der Waals surface area contributed by atoms with Crippen LogP contribution in [0.4, 0.5) is 0 Å². The number of aliphatic hydroxyl groups excluding tert-OH is 1. The first-order valence-corrected chi connectivity index (χ1v) is 4.88. The molecule has 0 unspecified atom stereocenters. The van der Waals surface area contributed by atoms with Crippen molar-refractivity contribution in [2.45, 2.75) is 6.61 Å². The van der Waals surface area contributed by atoms with Gasteiger partial charge < -0.3 is 5.11 Å². The summed E-state index contributed by atoms with van der Waals surface area (Å²) < 4.78 is 1.06. The van der Waals surface area contributed by atoms with Crippen molar-refractivity contribution in [1.29, 1.82) is 0 Å². The number of aliphatic hydroxyl groups is 1. The highest BCUT2D eigenvalue weighted by molar-refractivity contribution is 9.10. The van der Waals surface area contributed by atoms with Crippen molar-refractivity contribution >= 4 is 26.7 Å². The van der Waals surface area contributed by atoms with Crippen molar-refractivity contribution in [3.63, 3.8) is 0 Å². The van der Waals surface area contributed by atoms with Crippen LogP contribution in [0.25, 0.3) is 10.8 Å². The van der Waals surface area contributed by atoms with Crippen molar-refractivity contribution in [2.75, 3.05) is 0 Å². The normalized spacial score (nSPS) is 10.6. The lowest BCUT2D eigenvalue weighted by Gasteiger charge is -2.03. The molecule has 0 aliphatic carbocycles. The minimum absolute atomic E-state index is 0.0962. The summed E-state index contributed by atoms with van der Waals surface area (Å²) in [5.74, 6) is 0. The van der Waals surface area contributed by atoms with Gasteiger partial charge in [0.1, 0.15) is 0 Å². The van der Waals surface area contributed by atoms with Crippen LogP contribution in [0.1, 0.15) is 5.56 Å². The number of benzene rings is 2. The Hall–Kier alpha value is -0.860. The molecule has 0 fully saturated rings. The minimum atomic E-state index is 0.0962. The van der Waals surface area contributed by atoms with Gasteiger partial charge in [-0.15, -0.1) is 0 Å². The molecular weight excluding hydrogens is 228 g/mol. The molecule has 0 aromatic heterocycles. The molecule has 66 valence electrons. The van der Waals surface area contributed by atoms with Gasteiger partial charge in [-0.3, -0.25) is 0 Å². The summed E-state index contributed by atoms with van der Waals surface area (Å²) in [7, 11) is 0. The Morgan fingerprint density at radius 1 is 1.15 bits per heavy atom. The van der Waals surface area contributed by atoms with Gasteiger partial charge in [0.25, 0.3) is 0 Å². The molecule has 0 radical (unpaired) electrons. The van der Waals surface area contributed by atoms with Gasteiger partial charge >= 0.3 is 0 Å². The maximum atomic E-state index is 9.09. The molecular formula is C11H9BrO. The van der Waals surface area contributed by atoms with E-state index in [-0.39, 0.29) is 6.61 Å². The van der Waals surface area contributed by atoms with Crippen molar-refractivity contribution in [2.24, 2.45) is 0 Å². The second-order valence-corrected chi connectivity index (χ2v) is 3.86. The molecule has 0 saturated carbocycles. The van der Waals surface area contributed by atoms with E-state index in [0.717, 1.165) is 20.8 Å². The van der Waals surface area contributed by atoms with Crippen molar-refractivity contribution in [3.8, 4) is 0 Å². The average Bonchev–Trinajstić information content (AvgIpc) is 2.16. The molecule has 2 rings (SSSR count). The predicted octanol–water partition coefficient (Wildman–Crippen LogP) is 3.09. The molecule has 0 spiro atoms. The summed E-state index contributed by atoms with van der Waals surface area (Å²) in [4.78, 5) is 0. The van der Waals surface area contributed by atoms with Crippen LogP contribution < -0.4 is 0 Å². The topological polar surface area (TPSA) is 20.2 Å². The lowest BCUT2D eigenvalue weighted by molar-refractivity contribution is 0.283. The van der Waals surface area contributed by atoms with Gasteiger partial charge in [0.2, 0.25) is 0 Å². The first kappa shape index (κ1) is 8.73. The zero-order chi connectivity index (χ0) is 9.26. The highest BCUT2D eigenvalue weighted by Gasteiger charge is 1.98. The SMILES string of the molecule is OCc1cccc2cc(Br)ccc12. The average molecular weight is 237 g/mol. The number of rotatable bonds is 1. The zero-order valence-corrected chi connectivity index (χ0v) is 8.58. The minimum Gasteiger partial charge on any atom is -0.392 e. The first-order valence-electron chi connectivity index (χ1n) is 4.09. The first-order chi connectivity index (χ1) is 6.31. The van der Waals surface area contributed by atoms with Crippen molar-refractivity contribution in [3.05, 3.63) is 46.4 Å². The Kier molecular flexibility index (Phi) is 2.34. The monoisotopic (exact) mass is 236 g/mol. The quantitative estimate of drug-likeness (QED) is 0.807. The fraction of sp³-hybridized carbons (Fsp3) is 0.0909. The Labute approximate surface area is 85.1 Å². The molecule has 2 heteroatoms. The van der Waals surface area contributed by atoms with Gasteiger partial charge in [-0.05, 0) is 28.5 Å². The zero-order valence-electron chi connectivity index (χ0n) is 7.00. The summed E-state index contributed by atoms with van der Waals surface area (Å²) in [5, 5.41) is 11.4. The number of hydrogen-bond acceptors (Lipinski definition) is 1. The van der Waals surface area contributed by atoms with E-state index in [1.165, 1.54) is 0 Å². The fourth-order valence-corrected chi connectivity index (χ4v) is 1.84. The van der Waals surface area contributed by atoms with E-state index >= 15 is 0 Å². The summed E-state index contributed by atoms with van der Waals surface area (Å²) in [5.41, 5.74) is 0.977. The van der Waals surface area contributed by atoms with Crippen LogP contribution in [0.15, 0.2) is 40.9 Å². The number of fused-ring (bicyclic) bond motifs is 1. The maximum absolute atomic E-state index is 9.09. The highest BCUT2D eigenvalue weighted by atomic mass is 79.9. The van der Waals surface area contributed by atoms with E-state index in [1.807, 2.05) is 30.3 Å². The summed E-state index contributed by atoms with van der Waals surface area (Å²) >= 11 is 3.42. The van der Waals surface area contributed by atoms with Gasteiger partial charge in [-0.25, -0.2) is 0 Å². The molecule has 13 heavy (non-hydrogen) atoms. The second kappa shape index (κ2) is 3.48. The van der Waals surface area contributed by atoms with Gasteiger partial charge in [0.15, 0.2) is 0 Å². The molecule has 0 amide bonds. The van der Waals surface area contributed by atoms with Crippen LogP contribution in [0.5, 0.6) is 0 Å². The Bertz CT molecular complexity index is 437. The van der Waals surface area contributed by atoms with Gasteiger partial charge in [-0.1, -0.05) is 40.2 Å². The fourth-order valence-electron chi connectivity index (χ4n) is 1.46. The molecule has 0 heterocycles. The Morgan fingerprint density at radius 3 is 2.77 bits per heavy atom. The predicted molar refractivity (Wildman–Crippen MR) is 57.6 cm³/mol. The molecule has 2 aromatic rings. The van der Waals surface area contributed by atoms with Crippen LogP contribution in [0, 0.1) is 0 Å². The van der Waals surface area contributed by atoms with Crippen molar-refractivity contribution < 1.29 is 5.11 Å². The number of hydrogen-bond donors (Lipinski definition) is 1. The molecule has 0 aliphatic heterocycles. The molecule has 2 aromatic carbocycles. The third kappa shape index (κ3) is 1.60. The summed E-state index contributed by atoms with van der Waals surface area (Å²) in [6.45, 7) is 0.0962. The number of halogens is 1. The summed E-state index contributed by atoms with van der Waals surface area (Å²) in [6, 6.07) is 12.0. The lowest BCUT2D eigenvalue weighted by Crippen LogP contribution is -1.84. The second-order valence-electron chi connectivity index (χ2n) is 2.94. The molecule has 0 saturated heterocycles. The van der Waals surface area contributed by atoms with Gasteiger partial charge in [0, 0.05) is 4.47 Å². The van der Waals surface area contributed by atoms with Crippen LogP contribution in [-0.2, 0) is 6.61 Å². The highest BCUT2D eigenvalue weighted by Crippen LogP contribution is 2.22. The Balaban J connectivity index is 2.77. The van der Waals surface area contributed by atoms with Crippen molar-refractivity contribution in [1.82, 2.24) is 0 Å². The lowest BCUT2D eigenvalue weighted by atomic mass is 10.1. The third-order valence-electron chi connectivity index (χ3n) is 2.10. The molecule has 0 atom stereocenters. The van der Waals surface area contributed by atoms with Gasteiger partial charge in [0.05, 0.1) is 6.61 Å². The molecule has 1 nitrogen and oxygen atoms in total. The van der Waals surface area contributed by atoms with E-state index in [9.17, 15) is 0 Å². The molecule has 0 aliphatic rings. The third-order valence-corrected chi connectivity index (χ3v) is 2.60.